The molecule has 0 aliphatic rings. The lowest BCUT2D eigenvalue weighted by Gasteiger charge is -2.20. The lowest BCUT2D eigenvalue weighted by molar-refractivity contribution is 0.238. The molecule has 0 aliphatic carbocycles. The number of carbonyl (C=O) groups excluding carboxylic acids is 1. The largest absolute Gasteiger partial charge is 0.497 e. The second-order valence-corrected chi connectivity index (χ2v) is 7.77. The molecule has 2 amide bonds. The van der Waals surface area contributed by atoms with Crippen LogP contribution in [0.4, 0.5) is 4.79 Å². The molecule has 34 heavy (non-hydrogen) atoms. The summed E-state index contributed by atoms with van der Waals surface area (Å²) in [5.41, 5.74) is 2.51. The number of ether oxygens (including phenoxy) is 1. The molecule has 0 bridgehead atoms. The zero-order valence-corrected chi connectivity index (χ0v) is 19.1. The number of methoxy groups -OCH3 is 1. The second-order valence-electron chi connectivity index (χ2n) is 7.77. The van der Waals surface area contributed by atoms with Crippen LogP contribution in [0.15, 0.2) is 89.7 Å². The third-order valence-corrected chi connectivity index (χ3v) is 5.54. The predicted octanol–water partition coefficient (Wildman–Crippen LogP) is 3.35. The number of nitrogens with one attached hydrogen (secondary N) is 2. The lowest BCUT2D eigenvalue weighted by atomic mass is 9.99. The average molecular weight is 458 g/mol. The van der Waals surface area contributed by atoms with E-state index in [0.717, 1.165) is 22.4 Å². The molecule has 0 fully saturated rings. The van der Waals surface area contributed by atoms with Crippen LogP contribution < -0.4 is 21.1 Å². The zero-order valence-electron chi connectivity index (χ0n) is 19.1. The maximum atomic E-state index is 12.7. The summed E-state index contributed by atoms with van der Waals surface area (Å²) in [4.78, 5) is 25.3. The van der Waals surface area contributed by atoms with Gasteiger partial charge < -0.3 is 15.4 Å². The number of hydrogen-bond donors (Lipinski definition) is 2. The fourth-order valence-electron chi connectivity index (χ4n) is 3.73. The number of aromatic nitrogens is 3. The van der Waals surface area contributed by atoms with Gasteiger partial charge in [-0.25, -0.2) is 14.3 Å². The van der Waals surface area contributed by atoms with E-state index in [-0.39, 0.29) is 30.9 Å². The van der Waals surface area contributed by atoms with Crippen LogP contribution in [0.3, 0.4) is 0 Å². The molecule has 174 valence electrons. The van der Waals surface area contributed by atoms with Crippen molar-refractivity contribution < 1.29 is 9.53 Å². The SMILES string of the molecule is COc1ccc(-c2nn(CCNC(=O)NC(c3ccccc3)c3ccccc3)c(=O)n2C)cc1. The third kappa shape index (κ3) is 5.17. The summed E-state index contributed by atoms with van der Waals surface area (Å²) in [5, 5.41) is 10.3. The molecule has 0 saturated heterocycles. The summed E-state index contributed by atoms with van der Waals surface area (Å²) < 4.78 is 8.02. The smallest absolute Gasteiger partial charge is 0.345 e. The Morgan fingerprint density at radius 3 is 2.09 bits per heavy atom. The standard InChI is InChI=1S/C26H27N5O3/c1-30-24(21-13-15-22(34-2)16-14-21)29-31(26(30)33)18-17-27-25(32)28-23(19-9-5-3-6-10-19)20-11-7-4-8-12-20/h3-16,23H,17-18H2,1-2H3,(H2,27,28,32). The number of amides is 2. The molecule has 1 heterocycles. The van der Waals surface area contributed by atoms with E-state index >= 15 is 0 Å². The molecule has 0 atom stereocenters. The van der Waals surface area contributed by atoms with Gasteiger partial charge in [-0.15, -0.1) is 5.10 Å². The Labute approximate surface area is 197 Å². The van der Waals surface area contributed by atoms with E-state index in [1.807, 2.05) is 84.9 Å². The molecule has 0 aliphatic heterocycles. The molecule has 2 N–H and O–H groups in total. The lowest BCUT2D eigenvalue weighted by Crippen LogP contribution is -2.40. The molecule has 3 aromatic carbocycles. The summed E-state index contributed by atoms with van der Waals surface area (Å²) in [5.74, 6) is 1.28. The minimum absolute atomic E-state index is 0.248. The van der Waals surface area contributed by atoms with Crippen molar-refractivity contribution in [3.8, 4) is 17.1 Å². The average Bonchev–Trinajstić information content (AvgIpc) is 3.17. The van der Waals surface area contributed by atoms with Crippen LogP contribution in [0.5, 0.6) is 5.75 Å². The van der Waals surface area contributed by atoms with Gasteiger partial charge in [0.2, 0.25) is 0 Å². The van der Waals surface area contributed by atoms with Gasteiger partial charge in [-0.2, -0.15) is 0 Å². The zero-order chi connectivity index (χ0) is 23.9. The summed E-state index contributed by atoms with van der Waals surface area (Å²) in [7, 11) is 3.28. The highest BCUT2D eigenvalue weighted by molar-refractivity contribution is 5.75. The first-order valence-electron chi connectivity index (χ1n) is 11.0. The fourth-order valence-corrected chi connectivity index (χ4v) is 3.73. The quantitative estimate of drug-likeness (QED) is 0.425. The number of urea groups is 1. The maximum absolute atomic E-state index is 12.7. The maximum Gasteiger partial charge on any atom is 0.345 e. The van der Waals surface area contributed by atoms with Gasteiger partial charge in [0.05, 0.1) is 19.7 Å². The molecule has 8 heteroatoms. The molecule has 8 nitrogen and oxygen atoms in total. The van der Waals surface area contributed by atoms with Crippen molar-refractivity contribution in [3.63, 3.8) is 0 Å². The molecule has 0 unspecified atom stereocenters. The predicted molar refractivity (Wildman–Crippen MR) is 131 cm³/mol. The van der Waals surface area contributed by atoms with E-state index in [1.54, 1.807) is 14.2 Å². The van der Waals surface area contributed by atoms with Crippen molar-refractivity contribution in [3.05, 3.63) is 107 Å². The van der Waals surface area contributed by atoms with Gasteiger partial charge in [0.1, 0.15) is 5.75 Å². The van der Waals surface area contributed by atoms with Crippen LogP contribution in [0.25, 0.3) is 11.4 Å². The Balaban J connectivity index is 1.41. The number of benzene rings is 3. The number of carbonyl (C=O) groups is 1. The Morgan fingerprint density at radius 1 is 0.941 bits per heavy atom. The molecule has 4 aromatic rings. The van der Waals surface area contributed by atoms with Gasteiger partial charge in [0.25, 0.3) is 0 Å². The van der Waals surface area contributed by atoms with Crippen LogP contribution in [-0.4, -0.2) is 34.0 Å². The van der Waals surface area contributed by atoms with Crippen molar-refractivity contribution in [2.75, 3.05) is 13.7 Å². The third-order valence-electron chi connectivity index (χ3n) is 5.54. The number of hydrogen-bond acceptors (Lipinski definition) is 4. The van der Waals surface area contributed by atoms with E-state index in [0.29, 0.717) is 5.82 Å². The normalized spacial score (nSPS) is 10.8. The topological polar surface area (TPSA) is 90.2 Å². The minimum atomic E-state index is -0.322. The molecule has 0 saturated carbocycles. The first kappa shape index (κ1) is 22.8. The summed E-state index contributed by atoms with van der Waals surface area (Å²) in [6, 6.07) is 26.3. The molecule has 0 spiro atoms. The van der Waals surface area contributed by atoms with Crippen molar-refractivity contribution >= 4 is 6.03 Å². The van der Waals surface area contributed by atoms with Crippen LogP contribution >= 0.6 is 0 Å². The number of rotatable bonds is 8. The monoisotopic (exact) mass is 457 g/mol. The van der Waals surface area contributed by atoms with Crippen LogP contribution in [0.1, 0.15) is 17.2 Å². The van der Waals surface area contributed by atoms with E-state index in [1.165, 1.54) is 9.25 Å². The molecular weight excluding hydrogens is 430 g/mol. The summed E-state index contributed by atoms with van der Waals surface area (Å²) >= 11 is 0. The highest BCUT2D eigenvalue weighted by Gasteiger charge is 2.17. The van der Waals surface area contributed by atoms with Crippen LogP contribution in [-0.2, 0) is 13.6 Å². The summed E-state index contributed by atoms with van der Waals surface area (Å²) in [6.07, 6.45) is 0. The Kier molecular flexibility index (Phi) is 7.07. The van der Waals surface area contributed by atoms with E-state index < -0.39 is 0 Å². The molecule has 1 aromatic heterocycles. The van der Waals surface area contributed by atoms with Crippen molar-refractivity contribution in [2.45, 2.75) is 12.6 Å². The Bertz CT molecular complexity index is 1240. The summed E-state index contributed by atoms with van der Waals surface area (Å²) in [6.45, 7) is 0.499. The van der Waals surface area contributed by atoms with Crippen LogP contribution in [0, 0.1) is 0 Å². The molecule has 4 rings (SSSR count). The number of nitrogens with zero attached hydrogens (tertiary/aromatic N) is 3. The van der Waals surface area contributed by atoms with E-state index in [9.17, 15) is 9.59 Å². The second kappa shape index (κ2) is 10.5. The van der Waals surface area contributed by atoms with Crippen LogP contribution in [0.2, 0.25) is 0 Å². The fraction of sp³-hybridized carbons (Fsp3) is 0.192. The minimum Gasteiger partial charge on any atom is -0.497 e. The first-order valence-corrected chi connectivity index (χ1v) is 11.0. The van der Waals surface area contributed by atoms with E-state index in [2.05, 4.69) is 15.7 Å². The Hall–Kier alpha value is -4.33. The van der Waals surface area contributed by atoms with Gasteiger partial charge in [0, 0.05) is 19.2 Å². The van der Waals surface area contributed by atoms with Crippen molar-refractivity contribution in [1.82, 2.24) is 25.0 Å². The Morgan fingerprint density at radius 2 is 1.53 bits per heavy atom. The highest BCUT2D eigenvalue weighted by Crippen LogP contribution is 2.22. The van der Waals surface area contributed by atoms with Crippen molar-refractivity contribution in [1.29, 1.82) is 0 Å². The highest BCUT2D eigenvalue weighted by atomic mass is 16.5. The van der Waals surface area contributed by atoms with E-state index in [4.69, 9.17) is 4.74 Å². The van der Waals surface area contributed by atoms with Gasteiger partial charge in [0.15, 0.2) is 5.82 Å². The van der Waals surface area contributed by atoms with Gasteiger partial charge in [-0.3, -0.25) is 4.57 Å². The molecule has 0 radical (unpaired) electrons. The van der Waals surface area contributed by atoms with Crippen molar-refractivity contribution in [2.24, 2.45) is 7.05 Å². The van der Waals surface area contributed by atoms with Gasteiger partial charge in [-0.1, -0.05) is 60.7 Å². The molecular formula is C26H27N5O3. The van der Waals surface area contributed by atoms with Gasteiger partial charge in [-0.05, 0) is 35.4 Å². The van der Waals surface area contributed by atoms with Gasteiger partial charge >= 0.3 is 11.7 Å². The first-order chi connectivity index (χ1) is 16.6.